The fraction of sp³-hybridized carbons (Fsp3) is 0.500. The van der Waals surface area contributed by atoms with Crippen LogP contribution < -0.4 is 0 Å². The zero-order chi connectivity index (χ0) is 16.3. The van der Waals surface area contributed by atoms with E-state index in [0.717, 1.165) is 56.1 Å². The molecule has 0 atom stereocenters. The first-order valence-electron chi connectivity index (χ1n) is 8.63. The van der Waals surface area contributed by atoms with E-state index < -0.39 is 5.41 Å². The van der Waals surface area contributed by atoms with E-state index in [-0.39, 0.29) is 11.6 Å². The lowest BCUT2D eigenvalue weighted by atomic mass is 9.61. The van der Waals surface area contributed by atoms with Gasteiger partial charge in [0, 0.05) is 17.9 Å². The molecule has 1 aromatic carbocycles. The Hall–Kier alpha value is -1.41. The van der Waals surface area contributed by atoms with Crippen LogP contribution >= 0.6 is 11.6 Å². The molecule has 0 unspecified atom stereocenters. The number of hydrogen-bond acceptors (Lipinski definition) is 2. The largest absolute Gasteiger partial charge is 0.298 e. The van der Waals surface area contributed by atoms with E-state index in [1.807, 2.05) is 30.3 Å². The van der Waals surface area contributed by atoms with Gasteiger partial charge in [0.1, 0.15) is 5.78 Å². The van der Waals surface area contributed by atoms with Crippen LogP contribution in [-0.4, -0.2) is 11.6 Å². The van der Waals surface area contributed by atoms with E-state index in [1.165, 1.54) is 0 Å². The number of halogens is 1. The van der Waals surface area contributed by atoms with Gasteiger partial charge in [0.25, 0.3) is 0 Å². The Labute approximate surface area is 142 Å². The maximum absolute atomic E-state index is 13.0. The fourth-order valence-electron chi connectivity index (χ4n) is 3.70. The molecule has 122 valence electrons. The molecule has 0 spiro atoms. The van der Waals surface area contributed by atoms with E-state index in [1.54, 1.807) is 0 Å². The van der Waals surface area contributed by atoms with Gasteiger partial charge in [-0.3, -0.25) is 9.59 Å². The second-order valence-electron chi connectivity index (χ2n) is 6.79. The van der Waals surface area contributed by atoms with E-state index >= 15 is 0 Å². The second kappa shape index (κ2) is 7.00. The van der Waals surface area contributed by atoms with E-state index in [0.29, 0.717) is 17.9 Å². The summed E-state index contributed by atoms with van der Waals surface area (Å²) in [5.41, 5.74) is 1.40. The average molecular weight is 331 g/mol. The van der Waals surface area contributed by atoms with Gasteiger partial charge >= 0.3 is 0 Å². The minimum absolute atomic E-state index is 0.170. The Morgan fingerprint density at radius 1 is 1.04 bits per heavy atom. The van der Waals surface area contributed by atoms with Crippen molar-refractivity contribution in [2.75, 3.05) is 0 Å². The number of carbonyl (C=O) groups excluding carboxylic acids is 2. The van der Waals surface area contributed by atoms with Gasteiger partial charge in [-0.05, 0) is 55.4 Å². The number of benzene rings is 1. The molecule has 0 aromatic heterocycles. The molecule has 2 aliphatic rings. The standard InChI is InChI=1S/C20H23ClO2/c21-17-10-8-16(9-11-17)20(12-5-13-20)19(23)14-15-6-3-1-2-4-7-18(15)22/h6,8-11H,1-5,7,12-14H2/b15-6+. The summed E-state index contributed by atoms with van der Waals surface area (Å²) in [5.74, 6) is 0.370. The maximum atomic E-state index is 13.0. The van der Waals surface area contributed by atoms with Crippen molar-refractivity contribution in [1.82, 2.24) is 0 Å². The van der Waals surface area contributed by atoms with Gasteiger partial charge in [-0.2, -0.15) is 0 Å². The molecule has 1 fully saturated rings. The lowest BCUT2D eigenvalue weighted by molar-refractivity contribution is -0.128. The number of allylic oxidation sites excluding steroid dienone is 2. The van der Waals surface area contributed by atoms with Gasteiger partial charge in [-0.15, -0.1) is 0 Å². The third kappa shape index (κ3) is 3.42. The highest BCUT2D eigenvalue weighted by Gasteiger charge is 2.45. The molecule has 2 nitrogen and oxygen atoms in total. The van der Waals surface area contributed by atoms with Crippen LogP contribution in [-0.2, 0) is 15.0 Å². The Morgan fingerprint density at radius 2 is 1.78 bits per heavy atom. The predicted molar refractivity (Wildman–Crippen MR) is 92.8 cm³/mol. The lowest BCUT2D eigenvalue weighted by Gasteiger charge is -2.41. The highest BCUT2D eigenvalue weighted by Crippen LogP contribution is 2.46. The van der Waals surface area contributed by atoms with Crippen LogP contribution in [0.1, 0.15) is 63.4 Å². The molecule has 0 N–H and O–H groups in total. The third-order valence-corrected chi connectivity index (χ3v) is 5.60. The minimum atomic E-state index is -0.395. The van der Waals surface area contributed by atoms with Crippen molar-refractivity contribution in [2.24, 2.45) is 0 Å². The lowest BCUT2D eigenvalue weighted by Crippen LogP contribution is -2.42. The molecule has 2 aliphatic carbocycles. The van der Waals surface area contributed by atoms with Crippen molar-refractivity contribution in [3.63, 3.8) is 0 Å². The highest BCUT2D eigenvalue weighted by molar-refractivity contribution is 6.30. The van der Waals surface area contributed by atoms with Gasteiger partial charge in [0.15, 0.2) is 5.78 Å². The summed E-state index contributed by atoms with van der Waals surface area (Å²) in [5, 5.41) is 0.688. The first-order chi connectivity index (χ1) is 11.1. The maximum Gasteiger partial charge on any atom is 0.158 e. The van der Waals surface area contributed by atoms with Gasteiger partial charge in [-0.1, -0.05) is 42.7 Å². The molecular weight excluding hydrogens is 308 g/mol. The summed E-state index contributed by atoms with van der Waals surface area (Å²) < 4.78 is 0. The SMILES string of the molecule is O=C1CCCCC/C=C/1CC(=O)C1(c2ccc(Cl)cc2)CCC1. The van der Waals surface area contributed by atoms with Crippen LogP contribution in [0.4, 0.5) is 0 Å². The molecule has 0 saturated heterocycles. The number of Topliss-reactive ketones (excluding diaryl/α,β-unsaturated/α-hetero) is 2. The predicted octanol–water partition coefficient (Wildman–Crippen LogP) is 5.18. The summed E-state index contributed by atoms with van der Waals surface area (Å²) in [6.07, 6.45) is 9.83. The molecule has 0 bridgehead atoms. The van der Waals surface area contributed by atoms with Crippen molar-refractivity contribution in [3.8, 4) is 0 Å². The molecular formula is C20H23ClO2. The van der Waals surface area contributed by atoms with Crippen molar-refractivity contribution >= 4 is 23.2 Å². The Bertz CT molecular complexity index is 624. The quantitative estimate of drug-likeness (QED) is 0.762. The highest BCUT2D eigenvalue weighted by atomic mass is 35.5. The zero-order valence-corrected chi connectivity index (χ0v) is 14.2. The van der Waals surface area contributed by atoms with Crippen LogP contribution in [0.15, 0.2) is 35.9 Å². The van der Waals surface area contributed by atoms with Gasteiger partial charge in [0.2, 0.25) is 0 Å². The molecule has 0 radical (unpaired) electrons. The van der Waals surface area contributed by atoms with Crippen LogP contribution in [0.2, 0.25) is 5.02 Å². The zero-order valence-electron chi connectivity index (χ0n) is 13.4. The summed E-state index contributed by atoms with van der Waals surface area (Å²) in [6, 6.07) is 7.64. The monoisotopic (exact) mass is 330 g/mol. The molecule has 3 heteroatoms. The van der Waals surface area contributed by atoms with Gasteiger partial charge in [0.05, 0.1) is 5.41 Å². The first-order valence-corrected chi connectivity index (χ1v) is 9.01. The fourth-order valence-corrected chi connectivity index (χ4v) is 3.82. The average Bonchev–Trinajstić information content (AvgIpc) is 2.48. The van der Waals surface area contributed by atoms with E-state index in [4.69, 9.17) is 11.6 Å². The molecule has 3 rings (SSSR count). The van der Waals surface area contributed by atoms with Crippen LogP contribution in [0.5, 0.6) is 0 Å². The number of carbonyl (C=O) groups is 2. The topological polar surface area (TPSA) is 34.1 Å². The van der Waals surface area contributed by atoms with Crippen LogP contribution in [0, 0.1) is 0 Å². The van der Waals surface area contributed by atoms with E-state index in [2.05, 4.69) is 0 Å². The van der Waals surface area contributed by atoms with Crippen LogP contribution in [0.3, 0.4) is 0 Å². The van der Waals surface area contributed by atoms with Gasteiger partial charge in [-0.25, -0.2) is 0 Å². The number of hydrogen-bond donors (Lipinski definition) is 0. The third-order valence-electron chi connectivity index (χ3n) is 5.35. The molecule has 1 saturated carbocycles. The summed E-state index contributed by atoms with van der Waals surface area (Å²) in [6.45, 7) is 0. The van der Waals surface area contributed by atoms with Crippen molar-refractivity contribution in [1.29, 1.82) is 0 Å². The van der Waals surface area contributed by atoms with Crippen molar-refractivity contribution < 1.29 is 9.59 Å². The molecule has 0 aliphatic heterocycles. The number of ketones is 2. The summed E-state index contributed by atoms with van der Waals surface area (Å²) >= 11 is 5.97. The normalized spacial score (nSPS) is 23.2. The first kappa shape index (κ1) is 16.4. The smallest absolute Gasteiger partial charge is 0.158 e. The summed E-state index contributed by atoms with van der Waals surface area (Å²) in [4.78, 5) is 25.3. The van der Waals surface area contributed by atoms with Crippen molar-refractivity contribution in [3.05, 3.63) is 46.5 Å². The Kier molecular flexibility index (Phi) is 5.01. The minimum Gasteiger partial charge on any atom is -0.298 e. The summed E-state index contributed by atoms with van der Waals surface area (Å²) in [7, 11) is 0. The van der Waals surface area contributed by atoms with Gasteiger partial charge < -0.3 is 0 Å². The molecule has 0 amide bonds. The Balaban J connectivity index is 1.80. The Morgan fingerprint density at radius 3 is 2.43 bits per heavy atom. The van der Waals surface area contributed by atoms with Crippen molar-refractivity contribution in [2.45, 2.75) is 63.2 Å². The van der Waals surface area contributed by atoms with E-state index in [9.17, 15) is 9.59 Å². The molecule has 1 aromatic rings. The number of rotatable bonds is 4. The van der Waals surface area contributed by atoms with Crippen LogP contribution in [0.25, 0.3) is 0 Å². The second-order valence-corrected chi connectivity index (χ2v) is 7.23. The molecule has 23 heavy (non-hydrogen) atoms. The molecule has 0 heterocycles.